The number of rotatable bonds is 3. The summed E-state index contributed by atoms with van der Waals surface area (Å²) in [5, 5.41) is 0. The van der Waals surface area contributed by atoms with Crippen molar-refractivity contribution in [3.05, 3.63) is 53.1 Å². The van der Waals surface area contributed by atoms with Crippen LogP contribution in [0.4, 0.5) is 4.79 Å². The zero-order valence-electron chi connectivity index (χ0n) is 18.8. The molecule has 1 amide bonds. The minimum Gasteiger partial charge on any atom is -0.744 e. The third kappa shape index (κ3) is 7.55. The Labute approximate surface area is 188 Å². The molecule has 3 rings (SSSR count). The van der Waals surface area contributed by atoms with Gasteiger partial charge in [-0.25, -0.2) is 13.2 Å². The molecule has 0 bridgehead atoms. The standard InChI is InChI=1S/C16H24NO2S.C7H8O3S/c1-12-11-15(20(3)4)13(2)10-14(12)19-16(18)17-8-6-5-7-9-17;1-6-2-4-7(5-3-6)11(8,9)10/h10-11H,5-9H2,1-4H3;2-5H,1H3,(H,8,9,10)/q+1;/p-1. The Bertz CT molecular complexity index is 995. The average molecular weight is 466 g/mol. The van der Waals surface area contributed by atoms with Crippen molar-refractivity contribution in [1.82, 2.24) is 4.90 Å². The van der Waals surface area contributed by atoms with Gasteiger partial charge in [0.1, 0.15) is 28.4 Å². The number of hydrogen-bond acceptors (Lipinski definition) is 5. The molecule has 0 atom stereocenters. The number of likely N-dealkylation sites (tertiary alicyclic amines) is 1. The highest BCUT2D eigenvalue weighted by Crippen LogP contribution is 2.26. The molecule has 1 saturated heterocycles. The van der Waals surface area contributed by atoms with Crippen molar-refractivity contribution >= 4 is 27.1 Å². The maximum atomic E-state index is 12.2. The summed E-state index contributed by atoms with van der Waals surface area (Å²) >= 11 is 0. The molecular formula is C23H31NO5S2. The van der Waals surface area contributed by atoms with Gasteiger partial charge in [-0.2, -0.15) is 0 Å². The third-order valence-corrected chi connectivity index (χ3v) is 7.20. The van der Waals surface area contributed by atoms with Gasteiger partial charge in [-0.15, -0.1) is 0 Å². The number of amides is 1. The van der Waals surface area contributed by atoms with Crippen molar-refractivity contribution < 1.29 is 22.5 Å². The number of carbonyl (C=O) groups is 1. The highest BCUT2D eigenvalue weighted by atomic mass is 32.2. The fourth-order valence-electron chi connectivity index (χ4n) is 3.25. The Morgan fingerprint density at radius 1 is 0.968 bits per heavy atom. The van der Waals surface area contributed by atoms with E-state index >= 15 is 0 Å². The molecule has 0 aliphatic carbocycles. The van der Waals surface area contributed by atoms with Crippen molar-refractivity contribution in [2.45, 2.75) is 49.8 Å². The van der Waals surface area contributed by atoms with E-state index in [-0.39, 0.29) is 21.9 Å². The zero-order chi connectivity index (χ0) is 23.2. The van der Waals surface area contributed by atoms with Crippen LogP contribution in [-0.2, 0) is 21.0 Å². The Morgan fingerprint density at radius 3 is 2.06 bits per heavy atom. The van der Waals surface area contributed by atoms with Crippen LogP contribution >= 0.6 is 0 Å². The first kappa shape index (κ1) is 25.2. The lowest BCUT2D eigenvalue weighted by molar-refractivity contribution is 0.142. The second-order valence-electron chi connectivity index (χ2n) is 7.88. The molecule has 8 heteroatoms. The molecule has 0 radical (unpaired) electrons. The molecule has 1 aliphatic heterocycles. The van der Waals surface area contributed by atoms with E-state index in [2.05, 4.69) is 25.5 Å². The molecule has 1 heterocycles. The van der Waals surface area contributed by atoms with Crippen molar-refractivity contribution in [3.8, 4) is 5.75 Å². The maximum Gasteiger partial charge on any atom is 0.415 e. The molecular weight excluding hydrogens is 434 g/mol. The quantitative estimate of drug-likeness (QED) is 0.495. The predicted molar refractivity (Wildman–Crippen MR) is 124 cm³/mol. The van der Waals surface area contributed by atoms with Crippen LogP contribution in [-0.4, -0.2) is 49.6 Å². The molecule has 0 saturated carbocycles. The van der Waals surface area contributed by atoms with E-state index in [9.17, 15) is 17.8 Å². The van der Waals surface area contributed by atoms with E-state index in [1.807, 2.05) is 24.8 Å². The average Bonchev–Trinajstić information content (AvgIpc) is 2.71. The van der Waals surface area contributed by atoms with E-state index in [4.69, 9.17) is 4.74 Å². The van der Waals surface area contributed by atoms with Gasteiger partial charge in [0.2, 0.25) is 0 Å². The number of piperidine rings is 1. The molecule has 31 heavy (non-hydrogen) atoms. The molecule has 2 aromatic rings. The minimum atomic E-state index is -4.27. The van der Waals surface area contributed by atoms with Crippen LogP contribution in [0.5, 0.6) is 5.75 Å². The second kappa shape index (κ2) is 11.0. The lowest BCUT2D eigenvalue weighted by Gasteiger charge is -2.26. The summed E-state index contributed by atoms with van der Waals surface area (Å²) in [4.78, 5) is 15.1. The number of hydrogen-bond donors (Lipinski definition) is 0. The fourth-order valence-corrected chi connectivity index (χ4v) is 4.84. The van der Waals surface area contributed by atoms with Crippen molar-refractivity contribution in [2.24, 2.45) is 0 Å². The van der Waals surface area contributed by atoms with Gasteiger partial charge in [-0.3, -0.25) is 0 Å². The van der Waals surface area contributed by atoms with E-state index in [0.29, 0.717) is 5.75 Å². The monoisotopic (exact) mass is 465 g/mol. The van der Waals surface area contributed by atoms with Crippen LogP contribution in [0.1, 0.15) is 36.0 Å². The second-order valence-corrected chi connectivity index (χ2v) is 11.3. The largest absolute Gasteiger partial charge is 0.744 e. The Kier molecular flexibility index (Phi) is 8.97. The Balaban J connectivity index is 0.000000262. The molecule has 0 aromatic heterocycles. The number of aryl methyl sites for hydroxylation is 3. The van der Waals surface area contributed by atoms with Gasteiger partial charge >= 0.3 is 6.09 Å². The predicted octanol–water partition coefficient (Wildman–Crippen LogP) is 4.42. The van der Waals surface area contributed by atoms with Crippen LogP contribution in [0.25, 0.3) is 0 Å². The summed E-state index contributed by atoms with van der Waals surface area (Å²) in [5.74, 6) is 0.701. The van der Waals surface area contributed by atoms with Gasteiger partial charge < -0.3 is 14.2 Å². The first-order valence-electron chi connectivity index (χ1n) is 10.2. The van der Waals surface area contributed by atoms with E-state index in [0.717, 1.165) is 37.1 Å². The Hall–Kier alpha value is -2.03. The first-order valence-corrected chi connectivity index (χ1v) is 13.6. The maximum absolute atomic E-state index is 12.2. The van der Waals surface area contributed by atoms with Crippen molar-refractivity contribution in [2.75, 3.05) is 25.6 Å². The van der Waals surface area contributed by atoms with Gasteiger partial charge in [0.05, 0.1) is 4.90 Å². The molecule has 0 unspecified atom stereocenters. The fraction of sp³-hybridized carbons (Fsp3) is 0.435. The summed E-state index contributed by atoms with van der Waals surface area (Å²) in [6.07, 6.45) is 7.60. The first-order chi connectivity index (χ1) is 14.5. The van der Waals surface area contributed by atoms with E-state index in [1.165, 1.54) is 29.0 Å². The molecule has 1 fully saturated rings. The summed E-state index contributed by atoms with van der Waals surface area (Å²) in [6.45, 7) is 7.56. The molecule has 1 aliphatic rings. The third-order valence-electron chi connectivity index (χ3n) is 5.03. The summed E-state index contributed by atoms with van der Waals surface area (Å²) in [5.41, 5.74) is 3.17. The molecule has 170 valence electrons. The lowest BCUT2D eigenvalue weighted by Crippen LogP contribution is -2.37. The number of nitrogens with zero attached hydrogens (tertiary/aromatic N) is 1. The molecule has 6 nitrogen and oxygen atoms in total. The van der Waals surface area contributed by atoms with Crippen molar-refractivity contribution in [1.29, 1.82) is 0 Å². The summed E-state index contributed by atoms with van der Waals surface area (Å²) in [6, 6.07) is 9.93. The summed E-state index contributed by atoms with van der Waals surface area (Å²) in [7, 11) is -4.05. The zero-order valence-corrected chi connectivity index (χ0v) is 20.4. The van der Waals surface area contributed by atoms with E-state index in [1.54, 1.807) is 12.1 Å². The molecule has 2 aromatic carbocycles. The Morgan fingerprint density at radius 2 is 1.55 bits per heavy atom. The van der Waals surface area contributed by atoms with Gasteiger partial charge in [-0.05, 0) is 63.8 Å². The molecule has 0 spiro atoms. The number of benzene rings is 2. The lowest BCUT2D eigenvalue weighted by atomic mass is 10.1. The van der Waals surface area contributed by atoms with Crippen LogP contribution < -0.4 is 4.74 Å². The van der Waals surface area contributed by atoms with Crippen LogP contribution in [0, 0.1) is 20.8 Å². The normalized spacial score (nSPS) is 14.1. The SMILES string of the molecule is Cc1cc([S+](C)C)c(C)cc1OC(=O)N1CCCCC1.Cc1ccc(S(=O)(=O)[O-])cc1. The van der Waals surface area contributed by atoms with Gasteiger partial charge in [0.15, 0.2) is 4.90 Å². The topological polar surface area (TPSA) is 86.7 Å². The smallest absolute Gasteiger partial charge is 0.415 e. The highest BCUT2D eigenvalue weighted by molar-refractivity contribution is 7.95. The summed E-state index contributed by atoms with van der Waals surface area (Å²) < 4.78 is 36.8. The highest BCUT2D eigenvalue weighted by Gasteiger charge is 2.21. The van der Waals surface area contributed by atoms with Crippen LogP contribution in [0.15, 0.2) is 46.2 Å². The van der Waals surface area contributed by atoms with Gasteiger partial charge in [0, 0.05) is 35.6 Å². The van der Waals surface area contributed by atoms with Crippen LogP contribution in [0.2, 0.25) is 0 Å². The molecule has 0 N–H and O–H groups in total. The minimum absolute atomic E-state index is 0.178. The van der Waals surface area contributed by atoms with Gasteiger partial charge in [0.25, 0.3) is 0 Å². The number of carbonyl (C=O) groups excluding carboxylic acids is 1. The van der Waals surface area contributed by atoms with Crippen molar-refractivity contribution in [3.63, 3.8) is 0 Å². The van der Waals surface area contributed by atoms with Crippen LogP contribution in [0.3, 0.4) is 0 Å². The van der Waals surface area contributed by atoms with E-state index < -0.39 is 10.1 Å². The van der Waals surface area contributed by atoms with Gasteiger partial charge in [-0.1, -0.05) is 17.7 Å². The number of ether oxygens (including phenoxy) is 1.